The van der Waals surface area contributed by atoms with Gasteiger partial charge in [-0.05, 0) is 67.3 Å². The molecule has 4 nitrogen and oxygen atoms in total. The van der Waals surface area contributed by atoms with Crippen LogP contribution in [-0.4, -0.2) is 25.1 Å². The molecule has 0 saturated carbocycles. The first-order valence-corrected chi connectivity index (χ1v) is 11.7. The molecule has 31 heavy (non-hydrogen) atoms. The molecule has 0 bridgehead atoms. The molecule has 2 aromatic rings. The van der Waals surface area contributed by atoms with Gasteiger partial charge in [0.1, 0.15) is 17.2 Å². The number of ether oxygens (including phenoxy) is 3. The van der Waals surface area contributed by atoms with Crippen LogP contribution in [0.25, 0.3) is 6.08 Å². The molecule has 0 aliphatic heterocycles. The largest absolute Gasteiger partial charge is 0.494 e. The third-order valence-electron chi connectivity index (χ3n) is 4.65. The van der Waals surface area contributed by atoms with Crippen LogP contribution in [0.5, 0.6) is 17.2 Å². The third kappa shape index (κ3) is 10.9. The molecule has 0 aromatic heterocycles. The number of alkyl halides is 1. The average molecular weight is 445 g/mol. The maximum absolute atomic E-state index is 12.1. The van der Waals surface area contributed by atoms with Crippen LogP contribution in [0.2, 0.25) is 0 Å². The van der Waals surface area contributed by atoms with Gasteiger partial charge >= 0.3 is 5.97 Å². The Kier molecular flexibility index (Phi) is 12.3. The monoisotopic (exact) mass is 444 g/mol. The molecule has 0 amide bonds. The van der Waals surface area contributed by atoms with Crippen LogP contribution in [0.1, 0.15) is 57.4 Å². The van der Waals surface area contributed by atoms with Crippen molar-refractivity contribution in [3.8, 4) is 17.2 Å². The topological polar surface area (TPSA) is 44.8 Å². The fourth-order valence-electron chi connectivity index (χ4n) is 2.88. The van der Waals surface area contributed by atoms with Gasteiger partial charge in [0.05, 0.1) is 13.2 Å². The van der Waals surface area contributed by atoms with Gasteiger partial charge in [-0.25, -0.2) is 4.79 Å². The summed E-state index contributed by atoms with van der Waals surface area (Å²) in [7, 11) is 0. The second kappa shape index (κ2) is 15.4. The Morgan fingerprint density at radius 1 is 0.774 bits per heavy atom. The van der Waals surface area contributed by atoms with Crippen molar-refractivity contribution in [2.45, 2.75) is 51.9 Å². The van der Waals surface area contributed by atoms with E-state index in [1.165, 1.54) is 12.5 Å². The summed E-state index contributed by atoms with van der Waals surface area (Å²) in [4.78, 5) is 12.1. The lowest BCUT2D eigenvalue weighted by Gasteiger charge is -2.07. The highest BCUT2D eigenvalue weighted by Gasteiger charge is 2.02. The molecule has 0 saturated heterocycles. The number of hydrogen-bond donors (Lipinski definition) is 0. The minimum atomic E-state index is -0.422. The van der Waals surface area contributed by atoms with Crippen molar-refractivity contribution < 1.29 is 19.0 Å². The minimum absolute atomic E-state index is 0.422. The number of esters is 1. The zero-order chi connectivity index (χ0) is 22.2. The standard InChI is InChI=1S/C26H33ClO4/c1-2-3-7-20-29-24-14-16-25(17-15-24)31-26(28)18-11-22-9-12-23(13-10-22)30-21-8-5-4-6-19-27/h9-18H,2-8,19-21H2,1H3/b18-11+. The van der Waals surface area contributed by atoms with Crippen molar-refractivity contribution in [3.05, 3.63) is 60.2 Å². The second-order valence-corrected chi connectivity index (χ2v) is 7.68. The van der Waals surface area contributed by atoms with E-state index in [0.29, 0.717) is 19.0 Å². The first-order chi connectivity index (χ1) is 15.2. The van der Waals surface area contributed by atoms with Crippen LogP contribution in [0.15, 0.2) is 54.6 Å². The van der Waals surface area contributed by atoms with Crippen molar-refractivity contribution in [2.24, 2.45) is 0 Å². The van der Waals surface area contributed by atoms with Gasteiger partial charge in [0.25, 0.3) is 0 Å². The summed E-state index contributed by atoms with van der Waals surface area (Å²) in [6, 6.07) is 14.7. The molecule has 0 N–H and O–H groups in total. The summed E-state index contributed by atoms with van der Waals surface area (Å²) in [6.45, 7) is 3.57. The number of carbonyl (C=O) groups excluding carboxylic acids is 1. The van der Waals surface area contributed by atoms with Crippen LogP contribution in [0, 0.1) is 0 Å². The van der Waals surface area contributed by atoms with E-state index in [9.17, 15) is 4.79 Å². The molecule has 0 radical (unpaired) electrons. The van der Waals surface area contributed by atoms with E-state index in [0.717, 1.165) is 61.5 Å². The third-order valence-corrected chi connectivity index (χ3v) is 4.91. The van der Waals surface area contributed by atoms with Gasteiger partial charge in [-0.1, -0.05) is 44.7 Å². The van der Waals surface area contributed by atoms with Crippen molar-refractivity contribution >= 4 is 23.6 Å². The molecule has 2 aromatic carbocycles. The highest BCUT2D eigenvalue weighted by molar-refractivity contribution is 6.17. The van der Waals surface area contributed by atoms with Crippen LogP contribution in [0.3, 0.4) is 0 Å². The second-order valence-electron chi connectivity index (χ2n) is 7.30. The van der Waals surface area contributed by atoms with Gasteiger partial charge in [0.2, 0.25) is 0 Å². The smallest absolute Gasteiger partial charge is 0.336 e. The Morgan fingerprint density at radius 3 is 1.94 bits per heavy atom. The van der Waals surface area contributed by atoms with E-state index in [2.05, 4.69) is 6.92 Å². The van der Waals surface area contributed by atoms with Gasteiger partial charge in [-0.2, -0.15) is 0 Å². The number of carbonyl (C=O) groups is 1. The van der Waals surface area contributed by atoms with Crippen molar-refractivity contribution in [1.82, 2.24) is 0 Å². The zero-order valence-corrected chi connectivity index (χ0v) is 19.1. The Labute approximate surface area is 191 Å². The van der Waals surface area contributed by atoms with Crippen LogP contribution < -0.4 is 14.2 Å². The van der Waals surface area contributed by atoms with E-state index in [1.807, 2.05) is 36.4 Å². The fourth-order valence-corrected chi connectivity index (χ4v) is 3.06. The van der Waals surface area contributed by atoms with Crippen LogP contribution in [-0.2, 0) is 4.79 Å². The normalized spacial score (nSPS) is 10.9. The molecule has 0 unspecified atom stereocenters. The van der Waals surface area contributed by atoms with Crippen LogP contribution in [0.4, 0.5) is 0 Å². The molecule has 0 aliphatic rings. The zero-order valence-electron chi connectivity index (χ0n) is 18.4. The van der Waals surface area contributed by atoms with E-state index in [1.54, 1.807) is 18.2 Å². The summed E-state index contributed by atoms with van der Waals surface area (Å²) < 4.78 is 16.7. The molecular formula is C26H33ClO4. The first-order valence-electron chi connectivity index (χ1n) is 11.1. The highest BCUT2D eigenvalue weighted by atomic mass is 35.5. The fraction of sp³-hybridized carbons (Fsp3) is 0.423. The highest BCUT2D eigenvalue weighted by Crippen LogP contribution is 2.19. The van der Waals surface area contributed by atoms with Crippen molar-refractivity contribution in [1.29, 1.82) is 0 Å². The Hall–Kier alpha value is -2.46. The number of rotatable bonds is 15. The molecule has 0 spiro atoms. The summed E-state index contributed by atoms with van der Waals surface area (Å²) in [5.41, 5.74) is 0.905. The quantitative estimate of drug-likeness (QED) is 0.0969. The Morgan fingerprint density at radius 2 is 1.32 bits per heavy atom. The minimum Gasteiger partial charge on any atom is -0.494 e. The van der Waals surface area contributed by atoms with Gasteiger partial charge in [-0.3, -0.25) is 0 Å². The number of unbranched alkanes of at least 4 members (excludes halogenated alkanes) is 5. The molecule has 5 heteroatoms. The molecule has 0 aliphatic carbocycles. The van der Waals surface area contributed by atoms with E-state index >= 15 is 0 Å². The van der Waals surface area contributed by atoms with E-state index < -0.39 is 5.97 Å². The summed E-state index contributed by atoms with van der Waals surface area (Å²) in [5.74, 6) is 2.40. The SMILES string of the molecule is CCCCCOc1ccc(OC(=O)/C=C/c2ccc(OCCCCCCCl)cc2)cc1. The lowest BCUT2D eigenvalue weighted by atomic mass is 10.2. The van der Waals surface area contributed by atoms with Gasteiger partial charge < -0.3 is 14.2 Å². The van der Waals surface area contributed by atoms with Crippen molar-refractivity contribution in [2.75, 3.05) is 19.1 Å². The number of hydrogen-bond acceptors (Lipinski definition) is 4. The average Bonchev–Trinajstić information content (AvgIpc) is 2.79. The first kappa shape index (κ1) is 24.8. The lowest BCUT2D eigenvalue weighted by Crippen LogP contribution is -2.03. The molecular weight excluding hydrogens is 412 g/mol. The Bertz CT molecular complexity index is 769. The lowest BCUT2D eigenvalue weighted by molar-refractivity contribution is -0.128. The Balaban J connectivity index is 1.71. The predicted octanol–water partition coefficient (Wildman–Crippen LogP) is 7.05. The van der Waals surface area contributed by atoms with E-state index in [-0.39, 0.29) is 0 Å². The van der Waals surface area contributed by atoms with Gasteiger partial charge in [-0.15, -0.1) is 11.6 Å². The molecule has 2 rings (SSSR count). The number of benzene rings is 2. The van der Waals surface area contributed by atoms with E-state index in [4.69, 9.17) is 25.8 Å². The molecule has 0 atom stereocenters. The van der Waals surface area contributed by atoms with Crippen molar-refractivity contribution in [3.63, 3.8) is 0 Å². The summed E-state index contributed by atoms with van der Waals surface area (Å²) in [6.07, 6.45) is 10.9. The summed E-state index contributed by atoms with van der Waals surface area (Å²) in [5, 5.41) is 0. The summed E-state index contributed by atoms with van der Waals surface area (Å²) >= 11 is 5.67. The maximum Gasteiger partial charge on any atom is 0.336 e. The molecule has 0 heterocycles. The number of halogens is 1. The van der Waals surface area contributed by atoms with Gasteiger partial charge in [0.15, 0.2) is 0 Å². The predicted molar refractivity (Wildman–Crippen MR) is 127 cm³/mol. The maximum atomic E-state index is 12.1. The molecule has 0 fully saturated rings. The van der Waals surface area contributed by atoms with Gasteiger partial charge in [0, 0.05) is 12.0 Å². The van der Waals surface area contributed by atoms with Crippen LogP contribution >= 0.6 is 11.6 Å². The molecule has 168 valence electrons.